The molecule has 1 heterocycles. The summed E-state index contributed by atoms with van der Waals surface area (Å²) in [5.74, 6) is -0.0527. The molecule has 0 spiro atoms. The van der Waals surface area contributed by atoms with E-state index in [-0.39, 0.29) is 11.9 Å². The third-order valence-corrected chi connectivity index (χ3v) is 4.88. The van der Waals surface area contributed by atoms with E-state index in [1.807, 2.05) is 35.0 Å². The summed E-state index contributed by atoms with van der Waals surface area (Å²) in [7, 11) is 0. The van der Waals surface area contributed by atoms with Crippen LogP contribution in [-0.2, 0) is 11.2 Å². The monoisotopic (exact) mass is 343 g/mol. The number of imidazole rings is 1. The van der Waals surface area contributed by atoms with Crippen molar-refractivity contribution in [3.8, 4) is 5.69 Å². The lowest BCUT2D eigenvalue weighted by Crippen LogP contribution is -2.25. The van der Waals surface area contributed by atoms with Gasteiger partial charge in [0.05, 0.1) is 12.4 Å². The van der Waals surface area contributed by atoms with E-state index in [4.69, 9.17) is 0 Å². The molecule has 4 heteroatoms. The van der Waals surface area contributed by atoms with Crippen LogP contribution in [0.2, 0.25) is 0 Å². The number of hydrogen-bond donors (Lipinski definition) is 1. The van der Waals surface area contributed by atoms with Gasteiger partial charge in [0, 0.05) is 24.2 Å². The fourth-order valence-electron chi connectivity index (χ4n) is 3.57. The van der Waals surface area contributed by atoms with Crippen LogP contribution in [0.4, 0.5) is 0 Å². The van der Waals surface area contributed by atoms with Gasteiger partial charge in [-0.2, -0.15) is 0 Å². The van der Waals surface area contributed by atoms with Crippen molar-refractivity contribution in [3.05, 3.63) is 89.5 Å². The Morgan fingerprint density at radius 3 is 2.96 bits per heavy atom. The maximum Gasteiger partial charge on any atom is 0.244 e. The lowest BCUT2D eigenvalue weighted by Gasteiger charge is -2.12. The van der Waals surface area contributed by atoms with E-state index in [9.17, 15) is 4.79 Å². The maximum atomic E-state index is 12.3. The van der Waals surface area contributed by atoms with Gasteiger partial charge in [0.2, 0.25) is 5.91 Å². The molecule has 1 aliphatic rings. The number of nitrogens with one attached hydrogen (secondary N) is 1. The minimum Gasteiger partial charge on any atom is -0.346 e. The molecule has 1 atom stereocenters. The summed E-state index contributed by atoms with van der Waals surface area (Å²) in [4.78, 5) is 16.4. The van der Waals surface area contributed by atoms with Crippen LogP contribution in [0, 0.1) is 6.92 Å². The Labute approximate surface area is 153 Å². The molecule has 4 rings (SSSR count). The van der Waals surface area contributed by atoms with Crippen LogP contribution in [-0.4, -0.2) is 15.5 Å². The van der Waals surface area contributed by atoms with Gasteiger partial charge in [0.15, 0.2) is 0 Å². The predicted molar refractivity (Wildman–Crippen MR) is 103 cm³/mol. The molecule has 0 saturated heterocycles. The molecule has 26 heavy (non-hydrogen) atoms. The molecule has 130 valence electrons. The quantitative estimate of drug-likeness (QED) is 0.728. The van der Waals surface area contributed by atoms with E-state index < -0.39 is 0 Å². The standard InChI is InChI=1S/C22H21N3O/c1-16-14-17(6-10-21(16)25-13-12-23-15-25)7-11-22(26)24-20-9-8-18-4-2-3-5-19(18)20/h2-7,10-15,20H,8-9H2,1H3,(H,24,26). The van der Waals surface area contributed by atoms with Crippen molar-refractivity contribution in [2.24, 2.45) is 0 Å². The van der Waals surface area contributed by atoms with Crippen molar-refractivity contribution in [1.29, 1.82) is 0 Å². The molecule has 2 aromatic carbocycles. The van der Waals surface area contributed by atoms with Gasteiger partial charge in [0.25, 0.3) is 0 Å². The van der Waals surface area contributed by atoms with Crippen LogP contribution < -0.4 is 5.32 Å². The summed E-state index contributed by atoms with van der Waals surface area (Å²) < 4.78 is 1.98. The van der Waals surface area contributed by atoms with Crippen molar-refractivity contribution in [1.82, 2.24) is 14.9 Å². The zero-order valence-corrected chi connectivity index (χ0v) is 14.7. The second-order valence-electron chi connectivity index (χ2n) is 6.65. The molecule has 1 aliphatic carbocycles. The zero-order chi connectivity index (χ0) is 17.9. The minimum absolute atomic E-state index is 0.0527. The molecule has 0 fully saturated rings. The SMILES string of the molecule is Cc1cc(C=CC(=O)NC2CCc3ccccc32)ccc1-n1ccnc1. The molecule has 1 aromatic heterocycles. The summed E-state index contributed by atoms with van der Waals surface area (Å²) in [5.41, 5.74) is 5.82. The fourth-order valence-corrected chi connectivity index (χ4v) is 3.57. The van der Waals surface area contributed by atoms with E-state index in [2.05, 4.69) is 41.5 Å². The Morgan fingerprint density at radius 2 is 2.15 bits per heavy atom. The topological polar surface area (TPSA) is 46.9 Å². The van der Waals surface area contributed by atoms with Crippen LogP contribution in [0.1, 0.15) is 34.7 Å². The van der Waals surface area contributed by atoms with Crippen LogP contribution in [0.15, 0.2) is 67.3 Å². The molecule has 1 amide bonds. The molecule has 0 saturated carbocycles. The third kappa shape index (κ3) is 3.31. The molecule has 4 nitrogen and oxygen atoms in total. The van der Waals surface area contributed by atoms with E-state index in [1.54, 1.807) is 18.6 Å². The van der Waals surface area contributed by atoms with Gasteiger partial charge in [-0.15, -0.1) is 0 Å². The molecular weight excluding hydrogens is 322 g/mol. The first-order chi connectivity index (χ1) is 12.7. The molecule has 1 unspecified atom stereocenters. The second kappa shape index (κ2) is 7.00. The first-order valence-electron chi connectivity index (χ1n) is 8.86. The van der Waals surface area contributed by atoms with E-state index in [0.717, 1.165) is 29.7 Å². The summed E-state index contributed by atoms with van der Waals surface area (Å²) in [6.45, 7) is 2.06. The van der Waals surface area contributed by atoms with Crippen molar-refractivity contribution in [2.45, 2.75) is 25.8 Å². The highest BCUT2D eigenvalue weighted by atomic mass is 16.1. The van der Waals surface area contributed by atoms with E-state index in [0.29, 0.717) is 0 Å². The minimum atomic E-state index is -0.0527. The van der Waals surface area contributed by atoms with Crippen molar-refractivity contribution >= 4 is 12.0 Å². The Morgan fingerprint density at radius 1 is 1.27 bits per heavy atom. The summed E-state index contributed by atoms with van der Waals surface area (Å²) >= 11 is 0. The van der Waals surface area contributed by atoms with Gasteiger partial charge < -0.3 is 9.88 Å². The third-order valence-electron chi connectivity index (χ3n) is 4.88. The number of aromatic nitrogens is 2. The highest BCUT2D eigenvalue weighted by Crippen LogP contribution is 2.30. The van der Waals surface area contributed by atoms with Crippen LogP contribution >= 0.6 is 0 Å². The molecule has 1 N–H and O–H groups in total. The number of benzene rings is 2. The summed E-state index contributed by atoms with van der Waals surface area (Å²) in [6, 6.07) is 14.6. The normalized spacial score (nSPS) is 16.0. The number of aryl methyl sites for hydroxylation is 2. The Hall–Kier alpha value is -3.14. The number of amides is 1. The average Bonchev–Trinajstić information content (AvgIpc) is 3.31. The largest absolute Gasteiger partial charge is 0.346 e. The molecule has 0 bridgehead atoms. The lowest BCUT2D eigenvalue weighted by molar-refractivity contribution is -0.117. The van der Waals surface area contributed by atoms with Gasteiger partial charge in [0.1, 0.15) is 0 Å². The van der Waals surface area contributed by atoms with Gasteiger partial charge in [-0.05, 0) is 60.2 Å². The Kier molecular flexibility index (Phi) is 4.40. The van der Waals surface area contributed by atoms with E-state index in [1.165, 1.54) is 11.1 Å². The maximum absolute atomic E-state index is 12.3. The number of carbonyl (C=O) groups is 1. The summed E-state index contributed by atoms with van der Waals surface area (Å²) in [5, 5.41) is 3.12. The molecular formula is C22H21N3O. The number of hydrogen-bond acceptors (Lipinski definition) is 2. The van der Waals surface area contributed by atoms with Crippen LogP contribution in [0.5, 0.6) is 0 Å². The summed E-state index contributed by atoms with van der Waals surface area (Å²) in [6.07, 6.45) is 10.9. The average molecular weight is 343 g/mol. The molecule has 0 aliphatic heterocycles. The number of nitrogens with zero attached hydrogens (tertiary/aromatic N) is 2. The van der Waals surface area contributed by atoms with Crippen molar-refractivity contribution in [3.63, 3.8) is 0 Å². The second-order valence-corrected chi connectivity index (χ2v) is 6.65. The Balaban J connectivity index is 1.43. The fraction of sp³-hybridized carbons (Fsp3) is 0.182. The first-order valence-corrected chi connectivity index (χ1v) is 8.86. The lowest BCUT2D eigenvalue weighted by atomic mass is 10.1. The first kappa shape index (κ1) is 16.3. The Bertz CT molecular complexity index is 957. The predicted octanol–water partition coefficient (Wildman–Crippen LogP) is 4.00. The van der Waals surface area contributed by atoms with Crippen molar-refractivity contribution < 1.29 is 4.79 Å². The van der Waals surface area contributed by atoms with Gasteiger partial charge in [-0.3, -0.25) is 4.79 Å². The van der Waals surface area contributed by atoms with Gasteiger partial charge >= 0.3 is 0 Å². The van der Waals surface area contributed by atoms with Gasteiger partial charge in [-0.25, -0.2) is 4.98 Å². The smallest absolute Gasteiger partial charge is 0.244 e. The highest BCUT2D eigenvalue weighted by Gasteiger charge is 2.22. The van der Waals surface area contributed by atoms with Crippen LogP contribution in [0.25, 0.3) is 11.8 Å². The van der Waals surface area contributed by atoms with Crippen molar-refractivity contribution in [2.75, 3.05) is 0 Å². The highest BCUT2D eigenvalue weighted by molar-refractivity contribution is 5.92. The number of carbonyl (C=O) groups excluding carboxylic acids is 1. The number of fused-ring (bicyclic) bond motifs is 1. The molecule has 3 aromatic rings. The molecule has 0 radical (unpaired) electrons. The van der Waals surface area contributed by atoms with Crippen LogP contribution in [0.3, 0.4) is 0 Å². The van der Waals surface area contributed by atoms with E-state index >= 15 is 0 Å². The number of rotatable bonds is 4. The van der Waals surface area contributed by atoms with Gasteiger partial charge in [-0.1, -0.05) is 30.3 Å². The zero-order valence-electron chi connectivity index (χ0n) is 14.7.